The largest absolute Gasteiger partial charge is 0.393 e. The highest BCUT2D eigenvalue weighted by atomic mass is 19.1. The van der Waals surface area contributed by atoms with E-state index >= 15 is 4.39 Å². The smallest absolute Gasteiger partial charge is 0.179 e. The molecule has 2 aliphatic rings. The molecule has 2 aromatic heterocycles. The van der Waals surface area contributed by atoms with Gasteiger partial charge in [0.25, 0.3) is 0 Å². The molecule has 27 heavy (non-hydrogen) atoms. The predicted octanol–water partition coefficient (Wildman–Crippen LogP) is 1.95. The molecule has 1 aliphatic carbocycles. The molecule has 0 radical (unpaired) electrons. The Bertz CT molecular complexity index is 898. The number of aliphatic imine (C=N–C) groups is 1. The van der Waals surface area contributed by atoms with Gasteiger partial charge in [0.15, 0.2) is 23.0 Å². The molecule has 3 heterocycles. The van der Waals surface area contributed by atoms with Gasteiger partial charge in [-0.05, 0) is 26.3 Å². The highest BCUT2D eigenvalue weighted by Gasteiger charge is 2.68. The van der Waals surface area contributed by atoms with Crippen LogP contribution in [-0.4, -0.2) is 69.1 Å². The second kappa shape index (κ2) is 5.95. The van der Waals surface area contributed by atoms with Crippen LogP contribution in [0.3, 0.4) is 0 Å². The summed E-state index contributed by atoms with van der Waals surface area (Å²) in [7, 11) is 3.74. The lowest BCUT2D eigenvalue weighted by Crippen LogP contribution is -2.48. The van der Waals surface area contributed by atoms with Crippen LogP contribution in [-0.2, 0) is 15.2 Å². The molecule has 1 aliphatic heterocycles. The molecule has 0 bridgehead atoms. The summed E-state index contributed by atoms with van der Waals surface area (Å²) in [5.74, 6) is -0.460. The molecule has 146 valence electrons. The molecule has 2 aromatic rings. The van der Waals surface area contributed by atoms with Crippen LogP contribution in [0, 0.1) is 0 Å². The normalized spacial score (nSPS) is 32.4. The van der Waals surface area contributed by atoms with Crippen molar-refractivity contribution in [3.05, 3.63) is 18.6 Å². The number of hydrogen-bond donors (Lipinski definition) is 1. The number of fused-ring (bicyclic) bond motifs is 2. The van der Waals surface area contributed by atoms with Gasteiger partial charge in [0.1, 0.15) is 18.1 Å². The summed E-state index contributed by atoms with van der Waals surface area (Å²) in [4.78, 5) is 14.8. The zero-order valence-electron chi connectivity index (χ0n) is 15.9. The third-order valence-corrected chi connectivity index (χ3v) is 5.14. The van der Waals surface area contributed by atoms with Gasteiger partial charge in [0.2, 0.25) is 0 Å². The number of hydrogen-bond acceptors (Lipinski definition) is 6. The van der Waals surface area contributed by atoms with Crippen LogP contribution in [0.4, 0.5) is 10.2 Å². The van der Waals surface area contributed by atoms with Crippen molar-refractivity contribution in [2.75, 3.05) is 20.7 Å². The van der Waals surface area contributed by atoms with Gasteiger partial charge in [-0.2, -0.15) is 0 Å². The molecule has 0 spiro atoms. The fourth-order valence-electron chi connectivity index (χ4n) is 4.06. The van der Waals surface area contributed by atoms with Gasteiger partial charge in [0, 0.05) is 26.7 Å². The van der Waals surface area contributed by atoms with E-state index in [0.29, 0.717) is 17.9 Å². The van der Waals surface area contributed by atoms with Crippen molar-refractivity contribution < 1.29 is 19.0 Å². The maximum Gasteiger partial charge on any atom is 0.179 e. The van der Waals surface area contributed by atoms with E-state index in [4.69, 9.17) is 9.47 Å². The van der Waals surface area contributed by atoms with E-state index in [1.54, 1.807) is 30.9 Å². The van der Waals surface area contributed by atoms with Gasteiger partial charge in [-0.25, -0.2) is 19.4 Å². The number of halogens is 1. The average Bonchev–Trinajstić information content (AvgIpc) is 3.24. The van der Waals surface area contributed by atoms with Crippen molar-refractivity contribution >= 4 is 23.2 Å². The highest BCUT2D eigenvalue weighted by Crippen LogP contribution is 2.55. The molecule has 1 saturated heterocycles. The first kappa shape index (κ1) is 18.3. The van der Waals surface area contributed by atoms with Gasteiger partial charge >= 0.3 is 0 Å². The van der Waals surface area contributed by atoms with Crippen molar-refractivity contribution in [3.8, 4) is 0 Å². The van der Waals surface area contributed by atoms with E-state index in [2.05, 4.69) is 15.0 Å². The molecular weight excluding hydrogens is 353 g/mol. The Morgan fingerprint density at radius 1 is 1.41 bits per heavy atom. The first-order chi connectivity index (χ1) is 12.7. The third-order valence-electron chi connectivity index (χ3n) is 5.14. The van der Waals surface area contributed by atoms with E-state index < -0.39 is 29.9 Å². The number of aliphatic hydroxyl groups is 1. The van der Waals surface area contributed by atoms with Gasteiger partial charge in [-0.1, -0.05) is 0 Å². The first-order valence-electron chi connectivity index (χ1n) is 8.92. The molecule has 9 heteroatoms. The van der Waals surface area contributed by atoms with Crippen molar-refractivity contribution in [2.24, 2.45) is 4.99 Å². The molecule has 0 unspecified atom stereocenters. The van der Waals surface area contributed by atoms with Crippen LogP contribution in [0.2, 0.25) is 0 Å². The van der Waals surface area contributed by atoms with Gasteiger partial charge < -0.3 is 24.0 Å². The number of rotatable bonds is 4. The van der Waals surface area contributed by atoms with E-state index in [1.807, 2.05) is 25.1 Å². The molecule has 0 aromatic carbocycles. The summed E-state index contributed by atoms with van der Waals surface area (Å²) in [5.41, 5.74) is -2.37. The molecule has 4 rings (SSSR count). The van der Waals surface area contributed by atoms with Crippen LogP contribution in [0.1, 0.15) is 26.7 Å². The second-order valence-electron chi connectivity index (χ2n) is 7.87. The van der Waals surface area contributed by atoms with Gasteiger partial charge in [-0.3, -0.25) is 0 Å². The van der Waals surface area contributed by atoms with Gasteiger partial charge in [-0.15, -0.1) is 0 Å². The summed E-state index contributed by atoms with van der Waals surface area (Å²) >= 11 is 0. The van der Waals surface area contributed by atoms with E-state index in [9.17, 15) is 5.11 Å². The molecular formula is C18H24FN5O3. The summed E-state index contributed by atoms with van der Waals surface area (Å²) in [6.45, 7) is 2.88. The Labute approximate surface area is 156 Å². The van der Waals surface area contributed by atoms with Crippen molar-refractivity contribution in [2.45, 2.75) is 50.0 Å². The second-order valence-corrected chi connectivity index (χ2v) is 7.87. The fourth-order valence-corrected chi connectivity index (χ4v) is 4.06. The van der Waals surface area contributed by atoms with Gasteiger partial charge in [0.05, 0.1) is 18.3 Å². The molecule has 1 N–H and O–H groups in total. The van der Waals surface area contributed by atoms with Crippen molar-refractivity contribution in [1.29, 1.82) is 0 Å². The Balaban J connectivity index is 1.85. The maximum atomic E-state index is 15.3. The monoisotopic (exact) mass is 377 g/mol. The number of nitrogens with zero attached hydrogens (tertiary/aromatic N) is 5. The Morgan fingerprint density at radius 2 is 2.19 bits per heavy atom. The quantitative estimate of drug-likeness (QED) is 0.648. The number of alkyl halides is 1. The minimum atomic E-state index is -1.87. The Hall–Kier alpha value is -2.10. The van der Waals surface area contributed by atoms with Crippen LogP contribution in [0.25, 0.3) is 11.0 Å². The summed E-state index contributed by atoms with van der Waals surface area (Å²) in [6, 6.07) is 1.84. The van der Waals surface area contributed by atoms with E-state index in [1.165, 1.54) is 6.33 Å². The van der Waals surface area contributed by atoms with Crippen LogP contribution in [0.15, 0.2) is 23.6 Å². The molecule has 2 fully saturated rings. The molecule has 8 nitrogen and oxygen atoms in total. The first-order valence-corrected chi connectivity index (χ1v) is 8.92. The van der Waals surface area contributed by atoms with Crippen molar-refractivity contribution in [1.82, 2.24) is 19.4 Å². The zero-order valence-corrected chi connectivity index (χ0v) is 15.9. The lowest BCUT2D eigenvalue weighted by molar-refractivity contribution is -0.191. The molecule has 1 saturated carbocycles. The topological polar surface area (TPSA) is 85.0 Å². The summed E-state index contributed by atoms with van der Waals surface area (Å²) in [6.07, 6.45) is 4.45. The standard InChI is InChI=1S/C18H24FN5O3/c1-16(2)26-15-17(19,9-25)6-7-18(15,27-16)24-8-5-12-13(22-11-23(3)4)20-10-21-14(12)24/h5,8,10-11,15,25H,6-7,9H2,1-4H3/t15-,17+,18-/m1/s1. The average molecular weight is 377 g/mol. The lowest BCUT2D eigenvalue weighted by atomic mass is 10.0. The van der Waals surface area contributed by atoms with E-state index in [-0.39, 0.29) is 6.42 Å². The van der Waals surface area contributed by atoms with Crippen LogP contribution >= 0.6 is 0 Å². The SMILES string of the molecule is CN(C)C=Nc1ncnc2c1ccn2[C@@]12CC[C@](F)(CO)[C@H]1OC(C)(C)O2. The third kappa shape index (κ3) is 2.72. The summed E-state index contributed by atoms with van der Waals surface area (Å²) in [5, 5.41) is 10.4. The summed E-state index contributed by atoms with van der Waals surface area (Å²) < 4.78 is 29.3. The number of ether oxygens (including phenoxy) is 2. The number of aliphatic hydroxyl groups excluding tert-OH is 1. The zero-order chi connectivity index (χ0) is 19.4. The minimum absolute atomic E-state index is 0.140. The number of aromatic nitrogens is 3. The maximum absolute atomic E-state index is 15.3. The Kier molecular flexibility index (Phi) is 4.03. The fraction of sp³-hybridized carbons (Fsp3) is 0.611. The Morgan fingerprint density at radius 3 is 2.89 bits per heavy atom. The predicted molar refractivity (Wildman–Crippen MR) is 97.5 cm³/mol. The molecule has 0 amide bonds. The van der Waals surface area contributed by atoms with Crippen LogP contribution in [0.5, 0.6) is 0 Å². The minimum Gasteiger partial charge on any atom is -0.393 e. The highest BCUT2D eigenvalue weighted by molar-refractivity contribution is 5.87. The van der Waals surface area contributed by atoms with Crippen molar-refractivity contribution in [3.63, 3.8) is 0 Å². The van der Waals surface area contributed by atoms with Crippen LogP contribution < -0.4 is 0 Å². The molecule has 3 atom stereocenters. The lowest BCUT2D eigenvalue weighted by Gasteiger charge is -2.32. The van der Waals surface area contributed by atoms with E-state index in [0.717, 1.165) is 5.39 Å².